The second-order valence-electron chi connectivity index (χ2n) is 3.01. The topological polar surface area (TPSA) is 43.1 Å². The third kappa shape index (κ3) is 2.50. The lowest BCUT2D eigenvalue weighted by Gasteiger charge is -2.07. The zero-order chi connectivity index (χ0) is 10.6. The van der Waals surface area contributed by atoms with Crippen molar-refractivity contribution in [3.05, 3.63) is 48.3 Å². The molecule has 1 unspecified atom stereocenters. The molecule has 0 spiro atoms. The zero-order valence-electron chi connectivity index (χ0n) is 7.74. The van der Waals surface area contributed by atoms with Crippen molar-refractivity contribution in [3.8, 4) is 0 Å². The van der Waals surface area contributed by atoms with Crippen LogP contribution in [0.15, 0.2) is 36.9 Å². The summed E-state index contributed by atoms with van der Waals surface area (Å²) in [5.74, 6) is -0.689. The van der Waals surface area contributed by atoms with Gasteiger partial charge in [0, 0.05) is 5.56 Å². The van der Waals surface area contributed by atoms with Crippen LogP contribution in [0.2, 0.25) is 0 Å². The summed E-state index contributed by atoms with van der Waals surface area (Å²) in [4.78, 5) is 11.5. The van der Waals surface area contributed by atoms with E-state index in [9.17, 15) is 9.18 Å². The molecule has 0 amide bonds. The molecule has 0 aliphatic rings. The molecular weight excluding hydrogens is 181 g/mol. The van der Waals surface area contributed by atoms with Gasteiger partial charge in [-0.3, -0.25) is 4.79 Å². The van der Waals surface area contributed by atoms with Gasteiger partial charge in [0.1, 0.15) is 5.82 Å². The van der Waals surface area contributed by atoms with E-state index in [0.29, 0.717) is 12.0 Å². The number of hydrogen-bond donors (Lipinski definition) is 1. The Morgan fingerprint density at radius 1 is 1.64 bits per heavy atom. The molecule has 0 saturated heterocycles. The Labute approximate surface area is 82.2 Å². The third-order valence-electron chi connectivity index (χ3n) is 1.87. The fraction of sp³-hybridized carbons (Fsp3) is 0.182. The third-order valence-corrected chi connectivity index (χ3v) is 1.87. The van der Waals surface area contributed by atoms with E-state index in [-0.39, 0.29) is 5.78 Å². The van der Waals surface area contributed by atoms with Gasteiger partial charge in [-0.25, -0.2) is 4.39 Å². The van der Waals surface area contributed by atoms with Crippen molar-refractivity contribution < 1.29 is 9.18 Å². The highest BCUT2D eigenvalue weighted by Gasteiger charge is 2.14. The van der Waals surface area contributed by atoms with Gasteiger partial charge in [-0.1, -0.05) is 18.2 Å². The average Bonchev–Trinajstić information content (AvgIpc) is 2.17. The lowest BCUT2D eigenvalue weighted by atomic mass is 10.0. The highest BCUT2D eigenvalue weighted by atomic mass is 19.1. The van der Waals surface area contributed by atoms with E-state index >= 15 is 0 Å². The Kier molecular flexibility index (Phi) is 3.54. The number of carbonyl (C=O) groups excluding carboxylic acids is 1. The highest BCUT2D eigenvalue weighted by Crippen LogP contribution is 2.07. The summed E-state index contributed by atoms with van der Waals surface area (Å²) in [5, 5.41) is 0. The number of carbonyl (C=O) groups is 1. The molecule has 1 aromatic rings. The molecule has 3 heteroatoms. The van der Waals surface area contributed by atoms with Crippen molar-refractivity contribution in [3.63, 3.8) is 0 Å². The van der Waals surface area contributed by atoms with E-state index in [1.54, 1.807) is 12.1 Å². The fourth-order valence-electron chi connectivity index (χ4n) is 1.14. The molecule has 0 saturated carbocycles. The molecule has 0 heterocycles. The van der Waals surface area contributed by atoms with E-state index in [0.717, 1.165) is 0 Å². The van der Waals surface area contributed by atoms with Crippen LogP contribution in [0.1, 0.15) is 16.8 Å². The van der Waals surface area contributed by atoms with Crippen LogP contribution in [0.25, 0.3) is 0 Å². The number of ketones is 1. The first kappa shape index (κ1) is 10.6. The quantitative estimate of drug-likeness (QED) is 0.586. The van der Waals surface area contributed by atoms with Crippen LogP contribution in [0, 0.1) is 5.82 Å². The SMILES string of the molecule is C=CCC(N)C(=O)c1cccc(F)c1. The number of rotatable bonds is 4. The predicted molar refractivity (Wildman–Crippen MR) is 53.5 cm³/mol. The highest BCUT2D eigenvalue weighted by molar-refractivity contribution is 6.00. The molecule has 0 aliphatic carbocycles. The minimum Gasteiger partial charge on any atom is -0.321 e. The van der Waals surface area contributed by atoms with E-state index in [1.807, 2.05) is 0 Å². The summed E-state index contributed by atoms with van der Waals surface area (Å²) >= 11 is 0. The number of halogens is 1. The van der Waals surface area contributed by atoms with Crippen molar-refractivity contribution in [2.45, 2.75) is 12.5 Å². The van der Waals surface area contributed by atoms with Gasteiger partial charge in [0.05, 0.1) is 6.04 Å². The van der Waals surface area contributed by atoms with Gasteiger partial charge in [-0.15, -0.1) is 6.58 Å². The number of benzene rings is 1. The van der Waals surface area contributed by atoms with Gasteiger partial charge in [0.25, 0.3) is 0 Å². The van der Waals surface area contributed by atoms with Crippen molar-refractivity contribution in [1.82, 2.24) is 0 Å². The summed E-state index contributed by atoms with van der Waals surface area (Å²) in [6, 6.07) is 4.88. The van der Waals surface area contributed by atoms with Crippen molar-refractivity contribution in [1.29, 1.82) is 0 Å². The first-order valence-corrected chi connectivity index (χ1v) is 4.31. The standard InChI is InChI=1S/C11H12FNO/c1-2-4-10(13)11(14)8-5-3-6-9(12)7-8/h2-3,5-7,10H,1,4,13H2. The molecule has 2 nitrogen and oxygen atoms in total. The maximum atomic E-state index is 12.8. The maximum absolute atomic E-state index is 12.8. The predicted octanol–water partition coefficient (Wildman–Crippen LogP) is 1.91. The summed E-state index contributed by atoms with van der Waals surface area (Å²) in [6.07, 6.45) is 1.97. The fourth-order valence-corrected chi connectivity index (χ4v) is 1.14. The molecule has 0 bridgehead atoms. The number of Topliss-reactive ketones (excluding diaryl/α,β-unsaturated/α-hetero) is 1. The van der Waals surface area contributed by atoms with E-state index < -0.39 is 11.9 Å². The average molecular weight is 193 g/mol. The first-order valence-electron chi connectivity index (χ1n) is 4.31. The molecule has 74 valence electrons. The zero-order valence-corrected chi connectivity index (χ0v) is 7.74. The van der Waals surface area contributed by atoms with Crippen molar-refractivity contribution in [2.75, 3.05) is 0 Å². The van der Waals surface area contributed by atoms with Crippen LogP contribution < -0.4 is 5.73 Å². The lowest BCUT2D eigenvalue weighted by molar-refractivity contribution is 0.0961. The monoisotopic (exact) mass is 193 g/mol. The van der Waals surface area contributed by atoms with Crippen LogP contribution in [-0.2, 0) is 0 Å². The summed E-state index contributed by atoms with van der Waals surface area (Å²) in [6.45, 7) is 3.49. The summed E-state index contributed by atoms with van der Waals surface area (Å²) in [5.41, 5.74) is 5.87. The second kappa shape index (κ2) is 4.67. The molecule has 0 aromatic heterocycles. The second-order valence-corrected chi connectivity index (χ2v) is 3.01. The molecule has 1 rings (SSSR count). The minimum atomic E-state index is -0.630. The maximum Gasteiger partial charge on any atom is 0.179 e. The van der Waals surface area contributed by atoms with Crippen molar-refractivity contribution in [2.24, 2.45) is 5.73 Å². The first-order chi connectivity index (χ1) is 6.65. The van der Waals surface area contributed by atoms with Crippen LogP contribution >= 0.6 is 0 Å². The Balaban J connectivity index is 2.83. The normalized spacial score (nSPS) is 12.1. The molecule has 0 fully saturated rings. The van der Waals surface area contributed by atoms with E-state index in [2.05, 4.69) is 6.58 Å². The molecule has 1 aromatic carbocycles. The van der Waals surface area contributed by atoms with Gasteiger partial charge in [0.15, 0.2) is 5.78 Å². The van der Waals surface area contributed by atoms with Crippen LogP contribution in [0.4, 0.5) is 4.39 Å². The van der Waals surface area contributed by atoms with Gasteiger partial charge >= 0.3 is 0 Å². The smallest absolute Gasteiger partial charge is 0.179 e. The molecule has 14 heavy (non-hydrogen) atoms. The molecule has 0 radical (unpaired) electrons. The minimum absolute atomic E-state index is 0.260. The molecule has 0 aliphatic heterocycles. The van der Waals surface area contributed by atoms with Crippen LogP contribution in [0.5, 0.6) is 0 Å². The molecule has 1 atom stereocenters. The van der Waals surface area contributed by atoms with Gasteiger partial charge < -0.3 is 5.73 Å². The Bertz CT molecular complexity index is 349. The van der Waals surface area contributed by atoms with E-state index in [1.165, 1.54) is 18.2 Å². The molecular formula is C11H12FNO. The van der Waals surface area contributed by atoms with Crippen LogP contribution in [-0.4, -0.2) is 11.8 Å². The van der Waals surface area contributed by atoms with E-state index in [4.69, 9.17) is 5.73 Å². The Hall–Kier alpha value is -1.48. The van der Waals surface area contributed by atoms with Crippen molar-refractivity contribution >= 4 is 5.78 Å². The number of nitrogens with two attached hydrogens (primary N) is 1. The summed E-state index contributed by atoms with van der Waals surface area (Å²) in [7, 11) is 0. The van der Waals surface area contributed by atoms with Gasteiger partial charge in [-0.2, -0.15) is 0 Å². The largest absolute Gasteiger partial charge is 0.321 e. The summed E-state index contributed by atoms with van der Waals surface area (Å²) < 4.78 is 12.8. The lowest BCUT2D eigenvalue weighted by Crippen LogP contribution is -2.29. The van der Waals surface area contributed by atoms with Gasteiger partial charge in [-0.05, 0) is 18.6 Å². The van der Waals surface area contributed by atoms with Crippen LogP contribution in [0.3, 0.4) is 0 Å². The molecule has 2 N–H and O–H groups in total. The Morgan fingerprint density at radius 2 is 2.36 bits per heavy atom. The number of hydrogen-bond acceptors (Lipinski definition) is 2. The Morgan fingerprint density at radius 3 is 2.93 bits per heavy atom. The van der Waals surface area contributed by atoms with Gasteiger partial charge in [0.2, 0.25) is 0 Å².